The van der Waals surface area contributed by atoms with Crippen LogP contribution in [0.1, 0.15) is 0 Å². The largest absolute Gasteiger partial charge is 0.439 e. The lowest BCUT2D eigenvalue weighted by molar-refractivity contribution is -0.384. The summed E-state index contributed by atoms with van der Waals surface area (Å²) in [6.07, 6.45) is 0. The SMILES string of the molecule is CNc1cc([N+](=O)[O-])cc(Oc2cccc(I)c2)n1. The van der Waals surface area contributed by atoms with Gasteiger partial charge in [-0.2, -0.15) is 4.98 Å². The maximum absolute atomic E-state index is 10.8. The summed E-state index contributed by atoms with van der Waals surface area (Å²) in [4.78, 5) is 14.5. The number of nitrogens with zero attached hydrogens (tertiary/aromatic N) is 2. The van der Waals surface area contributed by atoms with Gasteiger partial charge in [0.05, 0.1) is 17.1 Å². The van der Waals surface area contributed by atoms with Crippen LogP contribution in [0.2, 0.25) is 0 Å². The molecule has 98 valence electrons. The Bertz CT molecular complexity index is 619. The summed E-state index contributed by atoms with van der Waals surface area (Å²) < 4.78 is 6.54. The molecule has 0 fully saturated rings. The van der Waals surface area contributed by atoms with Gasteiger partial charge in [0.1, 0.15) is 11.6 Å². The number of hydrogen-bond donors (Lipinski definition) is 1. The number of pyridine rings is 1. The van der Waals surface area contributed by atoms with Crippen molar-refractivity contribution in [1.29, 1.82) is 0 Å². The van der Waals surface area contributed by atoms with E-state index in [0.29, 0.717) is 11.6 Å². The van der Waals surface area contributed by atoms with Crippen molar-refractivity contribution >= 4 is 34.1 Å². The van der Waals surface area contributed by atoms with Crippen LogP contribution in [0.5, 0.6) is 11.6 Å². The molecule has 0 aliphatic rings. The lowest BCUT2D eigenvalue weighted by Gasteiger charge is -2.07. The van der Waals surface area contributed by atoms with Crippen LogP contribution in [0.15, 0.2) is 36.4 Å². The molecule has 0 bridgehead atoms. The molecule has 0 aliphatic heterocycles. The zero-order valence-corrected chi connectivity index (χ0v) is 12.1. The summed E-state index contributed by atoms with van der Waals surface area (Å²) >= 11 is 2.16. The summed E-state index contributed by atoms with van der Waals surface area (Å²) in [6.45, 7) is 0. The first-order valence-corrected chi connectivity index (χ1v) is 6.44. The molecule has 0 saturated heterocycles. The first-order chi connectivity index (χ1) is 9.08. The van der Waals surface area contributed by atoms with Crippen LogP contribution in [0.4, 0.5) is 11.5 Å². The molecule has 7 heteroatoms. The fourth-order valence-electron chi connectivity index (χ4n) is 1.43. The third-order valence-electron chi connectivity index (χ3n) is 2.27. The van der Waals surface area contributed by atoms with E-state index in [-0.39, 0.29) is 11.6 Å². The predicted octanol–water partition coefficient (Wildman–Crippen LogP) is 3.43. The van der Waals surface area contributed by atoms with E-state index in [1.54, 1.807) is 13.1 Å². The molecular weight excluding hydrogens is 361 g/mol. The van der Waals surface area contributed by atoms with Gasteiger partial charge in [-0.3, -0.25) is 10.1 Å². The maximum atomic E-state index is 10.8. The van der Waals surface area contributed by atoms with Crippen molar-refractivity contribution in [2.24, 2.45) is 0 Å². The van der Waals surface area contributed by atoms with E-state index in [1.165, 1.54) is 12.1 Å². The number of nitro groups is 1. The van der Waals surface area contributed by atoms with Crippen molar-refractivity contribution in [3.63, 3.8) is 0 Å². The second-order valence-corrected chi connectivity index (χ2v) is 4.86. The highest BCUT2D eigenvalue weighted by atomic mass is 127. The maximum Gasteiger partial charge on any atom is 0.278 e. The Hall–Kier alpha value is -1.90. The Morgan fingerprint density at radius 2 is 2.16 bits per heavy atom. The van der Waals surface area contributed by atoms with Gasteiger partial charge in [-0.15, -0.1) is 0 Å². The molecule has 0 atom stereocenters. The first-order valence-electron chi connectivity index (χ1n) is 5.36. The van der Waals surface area contributed by atoms with Gasteiger partial charge in [0.25, 0.3) is 5.69 Å². The summed E-state index contributed by atoms with van der Waals surface area (Å²) in [5.41, 5.74) is -0.0695. The van der Waals surface area contributed by atoms with Crippen molar-refractivity contribution in [2.75, 3.05) is 12.4 Å². The molecule has 2 aromatic rings. The summed E-state index contributed by atoms with van der Waals surface area (Å²) in [7, 11) is 1.64. The molecule has 0 amide bonds. The Balaban J connectivity index is 2.34. The highest BCUT2D eigenvalue weighted by Crippen LogP contribution is 2.26. The van der Waals surface area contributed by atoms with Gasteiger partial charge in [-0.25, -0.2) is 0 Å². The van der Waals surface area contributed by atoms with Crippen molar-refractivity contribution in [2.45, 2.75) is 0 Å². The number of ether oxygens (including phenoxy) is 1. The highest BCUT2D eigenvalue weighted by molar-refractivity contribution is 14.1. The molecule has 0 unspecified atom stereocenters. The summed E-state index contributed by atoms with van der Waals surface area (Å²) in [5.74, 6) is 1.15. The minimum Gasteiger partial charge on any atom is -0.439 e. The third kappa shape index (κ3) is 3.53. The molecule has 1 N–H and O–H groups in total. The Morgan fingerprint density at radius 3 is 2.79 bits per heavy atom. The zero-order chi connectivity index (χ0) is 13.8. The molecule has 1 aromatic carbocycles. The molecule has 1 heterocycles. The van der Waals surface area contributed by atoms with Gasteiger partial charge in [0.2, 0.25) is 5.88 Å². The predicted molar refractivity (Wildman–Crippen MR) is 79.7 cm³/mol. The lowest BCUT2D eigenvalue weighted by atomic mass is 10.3. The number of hydrogen-bond acceptors (Lipinski definition) is 5. The quantitative estimate of drug-likeness (QED) is 0.506. The molecule has 2 rings (SSSR count). The number of halogens is 1. The minimum atomic E-state index is -0.482. The van der Waals surface area contributed by atoms with Crippen LogP contribution in [0.25, 0.3) is 0 Å². The minimum absolute atomic E-state index is 0.0695. The molecule has 19 heavy (non-hydrogen) atoms. The number of aromatic nitrogens is 1. The van der Waals surface area contributed by atoms with Crippen molar-refractivity contribution < 1.29 is 9.66 Å². The monoisotopic (exact) mass is 371 g/mol. The van der Waals surface area contributed by atoms with Gasteiger partial charge in [0, 0.05) is 10.6 Å². The normalized spacial score (nSPS) is 10.0. The van der Waals surface area contributed by atoms with E-state index in [1.807, 2.05) is 18.2 Å². The van der Waals surface area contributed by atoms with E-state index in [9.17, 15) is 10.1 Å². The number of rotatable bonds is 4. The van der Waals surface area contributed by atoms with Crippen molar-refractivity contribution in [3.8, 4) is 11.6 Å². The summed E-state index contributed by atoms with van der Waals surface area (Å²) in [5, 5.41) is 13.6. The number of anilines is 1. The van der Waals surface area contributed by atoms with E-state index in [0.717, 1.165) is 3.57 Å². The smallest absolute Gasteiger partial charge is 0.278 e. The van der Waals surface area contributed by atoms with Crippen LogP contribution in [0, 0.1) is 13.7 Å². The third-order valence-corrected chi connectivity index (χ3v) is 2.94. The average Bonchev–Trinajstić information content (AvgIpc) is 2.38. The Morgan fingerprint density at radius 1 is 1.37 bits per heavy atom. The molecule has 6 nitrogen and oxygen atoms in total. The van der Waals surface area contributed by atoms with E-state index >= 15 is 0 Å². The van der Waals surface area contributed by atoms with E-state index in [2.05, 4.69) is 32.9 Å². The lowest BCUT2D eigenvalue weighted by Crippen LogP contribution is -1.98. The van der Waals surface area contributed by atoms with Gasteiger partial charge < -0.3 is 10.1 Å². The van der Waals surface area contributed by atoms with Crippen molar-refractivity contribution in [3.05, 3.63) is 50.1 Å². The van der Waals surface area contributed by atoms with Crippen molar-refractivity contribution in [1.82, 2.24) is 4.98 Å². The molecular formula is C12H10IN3O3. The van der Waals surface area contributed by atoms with Crippen LogP contribution >= 0.6 is 22.6 Å². The zero-order valence-electron chi connectivity index (χ0n) is 9.96. The van der Waals surface area contributed by atoms with Gasteiger partial charge >= 0.3 is 0 Å². The van der Waals surface area contributed by atoms with Crippen LogP contribution in [0.3, 0.4) is 0 Å². The molecule has 0 saturated carbocycles. The highest BCUT2D eigenvalue weighted by Gasteiger charge is 2.12. The van der Waals surface area contributed by atoms with E-state index < -0.39 is 4.92 Å². The topological polar surface area (TPSA) is 77.3 Å². The fraction of sp³-hybridized carbons (Fsp3) is 0.0833. The molecule has 0 aliphatic carbocycles. The number of benzene rings is 1. The van der Waals surface area contributed by atoms with Crippen LogP contribution < -0.4 is 10.1 Å². The Labute approximate surface area is 123 Å². The van der Waals surface area contributed by atoms with E-state index in [4.69, 9.17) is 4.74 Å². The first kappa shape index (κ1) is 13.5. The van der Waals surface area contributed by atoms with Crippen LogP contribution in [-0.4, -0.2) is 17.0 Å². The summed E-state index contributed by atoms with van der Waals surface area (Å²) in [6, 6.07) is 9.99. The van der Waals surface area contributed by atoms with Gasteiger partial charge in [-0.05, 0) is 40.8 Å². The molecule has 0 spiro atoms. The second-order valence-electron chi connectivity index (χ2n) is 3.62. The second kappa shape index (κ2) is 5.83. The molecule has 0 radical (unpaired) electrons. The number of nitrogens with one attached hydrogen (secondary N) is 1. The fourth-order valence-corrected chi connectivity index (χ4v) is 1.94. The van der Waals surface area contributed by atoms with Crippen LogP contribution in [-0.2, 0) is 0 Å². The van der Waals surface area contributed by atoms with Gasteiger partial charge in [-0.1, -0.05) is 6.07 Å². The Kier molecular flexibility index (Phi) is 4.15. The molecule has 1 aromatic heterocycles. The average molecular weight is 371 g/mol. The van der Waals surface area contributed by atoms with Gasteiger partial charge in [0.15, 0.2) is 0 Å². The standard InChI is InChI=1S/C12H10IN3O3/c1-14-11-6-9(16(17)18)7-12(15-11)19-10-4-2-3-8(13)5-10/h2-7H,1H3,(H,14,15).